The van der Waals surface area contributed by atoms with Gasteiger partial charge in [-0.05, 0) is 36.8 Å². The summed E-state index contributed by atoms with van der Waals surface area (Å²) in [6.45, 7) is 5.53. The van der Waals surface area contributed by atoms with Crippen molar-refractivity contribution in [1.82, 2.24) is 20.5 Å². The molecule has 2 aromatic heterocycles. The van der Waals surface area contributed by atoms with Gasteiger partial charge in [-0.1, -0.05) is 13.0 Å². The third-order valence-corrected chi connectivity index (χ3v) is 5.22. The molecule has 33 heavy (non-hydrogen) atoms. The number of morpholine rings is 1. The summed E-state index contributed by atoms with van der Waals surface area (Å²) < 4.78 is 25.1. The van der Waals surface area contributed by atoms with Gasteiger partial charge in [0.1, 0.15) is 5.82 Å². The molecule has 1 aliphatic heterocycles. The van der Waals surface area contributed by atoms with Gasteiger partial charge in [0.05, 0.1) is 37.3 Å². The summed E-state index contributed by atoms with van der Waals surface area (Å²) in [5, 5.41) is 10.9. The number of nitrogens with one attached hydrogen (secondary N) is 1. The fourth-order valence-corrected chi connectivity index (χ4v) is 3.53. The molecule has 0 aliphatic carbocycles. The van der Waals surface area contributed by atoms with Crippen molar-refractivity contribution >= 4 is 11.7 Å². The molecular formula is C24H26FN5O3. The minimum absolute atomic E-state index is 0.190. The van der Waals surface area contributed by atoms with Crippen LogP contribution in [0.2, 0.25) is 0 Å². The monoisotopic (exact) mass is 451 g/mol. The summed E-state index contributed by atoms with van der Waals surface area (Å²) in [5.41, 5.74) is 2.17. The highest BCUT2D eigenvalue weighted by molar-refractivity contribution is 5.94. The van der Waals surface area contributed by atoms with Crippen LogP contribution >= 0.6 is 0 Å². The van der Waals surface area contributed by atoms with Gasteiger partial charge in [0.15, 0.2) is 11.6 Å². The number of aromatic nitrogens is 3. The Hall–Kier alpha value is -3.59. The fraction of sp³-hybridized carbons (Fsp3) is 0.333. The summed E-state index contributed by atoms with van der Waals surface area (Å²) in [6, 6.07) is 9.98. The fourth-order valence-electron chi connectivity index (χ4n) is 3.53. The van der Waals surface area contributed by atoms with Gasteiger partial charge < -0.3 is 19.7 Å². The van der Waals surface area contributed by atoms with E-state index >= 15 is 0 Å². The maximum absolute atomic E-state index is 14.3. The molecule has 0 unspecified atom stereocenters. The lowest BCUT2D eigenvalue weighted by molar-refractivity contribution is 0.0950. The molecule has 0 bridgehead atoms. The van der Waals surface area contributed by atoms with Crippen LogP contribution in [0.15, 0.2) is 48.8 Å². The quantitative estimate of drug-likeness (QED) is 0.562. The van der Waals surface area contributed by atoms with Crippen molar-refractivity contribution in [2.24, 2.45) is 0 Å². The highest BCUT2D eigenvalue weighted by Crippen LogP contribution is 2.25. The van der Waals surface area contributed by atoms with Crippen LogP contribution in [0.5, 0.6) is 5.75 Å². The summed E-state index contributed by atoms with van der Waals surface area (Å²) in [7, 11) is 0. The Morgan fingerprint density at radius 3 is 2.88 bits per heavy atom. The number of hydrogen-bond acceptors (Lipinski definition) is 7. The molecule has 3 aromatic rings. The number of carbonyl (C=O) groups is 1. The number of carbonyl (C=O) groups excluding carboxylic acids is 1. The highest BCUT2D eigenvalue weighted by atomic mass is 19.1. The van der Waals surface area contributed by atoms with Crippen LogP contribution in [0.1, 0.15) is 29.3 Å². The summed E-state index contributed by atoms with van der Waals surface area (Å²) in [6.07, 6.45) is 3.92. The van der Waals surface area contributed by atoms with Crippen LogP contribution in [0.25, 0.3) is 11.3 Å². The van der Waals surface area contributed by atoms with E-state index in [4.69, 9.17) is 9.47 Å². The highest BCUT2D eigenvalue weighted by Gasteiger charge is 2.17. The predicted molar refractivity (Wildman–Crippen MR) is 122 cm³/mol. The van der Waals surface area contributed by atoms with Crippen LogP contribution in [0.4, 0.5) is 10.2 Å². The second kappa shape index (κ2) is 10.8. The Bertz CT molecular complexity index is 1100. The molecule has 0 spiro atoms. The first kappa shape index (κ1) is 22.6. The van der Waals surface area contributed by atoms with E-state index in [1.807, 2.05) is 19.1 Å². The molecule has 1 aromatic carbocycles. The number of hydrogen-bond donors (Lipinski definition) is 1. The Morgan fingerprint density at radius 2 is 2.09 bits per heavy atom. The van der Waals surface area contributed by atoms with Gasteiger partial charge >= 0.3 is 0 Å². The normalized spacial score (nSPS) is 13.6. The zero-order chi connectivity index (χ0) is 23.0. The second-order valence-electron chi connectivity index (χ2n) is 7.59. The van der Waals surface area contributed by atoms with Gasteiger partial charge in [-0.3, -0.25) is 4.79 Å². The van der Waals surface area contributed by atoms with Crippen molar-refractivity contribution in [1.29, 1.82) is 0 Å². The summed E-state index contributed by atoms with van der Waals surface area (Å²) >= 11 is 0. The number of halogens is 1. The third kappa shape index (κ3) is 5.61. The van der Waals surface area contributed by atoms with Gasteiger partial charge in [-0.25, -0.2) is 9.37 Å². The molecule has 9 heteroatoms. The molecule has 8 nitrogen and oxygen atoms in total. The van der Waals surface area contributed by atoms with E-state index in [2.05, 4.69) is 25.4 Å². The van der Waals surface area contributed by atoms with E-state index in [1.54, 1.807) is 24.4 Å². The van der Waals surface area contributed by atoms with Crippen molar-refractivity contribution in [3.05, 3.63) is 65.7 Å². The van der Waals surface area contributed by atoms with E-state index < -0.39 is 5.82 Å². The van der Waals surface area contributed by atoms with Crippen LogP contribution in [0.3, 0.4) is 0 Å². The Morgan fingerprint density at radius 1 is 1.24 bits per heavy atom. The maximum Gasteiger partial charge on any atom is 0.253 e. The molecule has 0 atom stereocenters. The zero-order valence-electron chi connectivity index (χ0n) is 18.5. The van der Waals surface area contributed by atoms with E-state index in [0.29, 0.717) is 43.2 Å². The molecule has 3 heterocycles. The first-order valence-corrected chi connectivity index (χ1v) is 11.0. The smallest absolute Gasteiger partial charge is 0.253 e. The SMILES string of the molecule is CCCOc1ccc(-c2cc(C(=O)NCc3cccnc3N3CCOCC3)cnn2)cc1F. The topological polar surface area (TPSA) is 89.5 Å². The van der Waals surface area contributed by atoms with E-state index in [-0.39, 0.29) is 11.7 Å². The Labute approximate surface area is 191 Å². The number of amides is 1. The van der Waals surface area contributed by atoms with Gasteiger partial charge in [0.25, 0.3) is 5.91 Å². The third-order valence-electron chi connectivity index (χ3n) is 5.22. The second-order valence-corrected chi connectivity index (χ2v) is 7.59. The number of ether oxygens (including phenoxy) is 2. The number of nitrogens with zero attached hydrogens (tertiary/aromatic N) is 4. The molecule has 1 saturated heterocycles. The van der Waals surface area contributed by atoms with Crippen molar-refractivity contribution in [3.63, 3.8) is 0 Å². The van der Waals surface area contributed by atoms with E-state index in [9.17, 15) is 9.18 Å². The van der Waals surface area contributed by atoms with Gasteiger partial charge in [0.2, 0.25) is 0 Å². The van der Waals surface area contributed by atoms with Crippen molar-refractivity contribution < 1.29 is 18.7 Å². The lowest BCUT2D eigenvalue weighted by atomic mass is 10.1. The molecular weight excluding hydrogens is 425 g/mol. The number of rotatable bonds is 8. The molecule has 0 radical (unpaired) electrons. The lowest BCUT2D eigenvalue weighted by Crippen LogP contribution is -2.37. The number of pyridine rings is 1. The van der Waals surface area contributed by atoms with Crippen LogP contribution in [-0.2, 0) is 11.3 Å². The minimum atomic E-state index is -0.482. The molecule has 0 saturated carbocycles. The van der Waals surface area contributed by atoms with E-state index in [0.717, 1.165) is 30.9 Å². The van der Waals surface area contributed by atoms with Crippen LogP contribution < -0.4 is 15.0 Å². The molecule has 1 aliphatic rings. The van der Waals surface area contributed by atoms with Gasteiger partial charge in [0, 0.05) is 37.0 Å². The van der Waals surface area contributed by atoms with Crippen molar-refractivity contribution in [2.75, 3.05) is 37.8 Å². The Kier molecular flexibility index (Phi) is 7.41. The van der Waals surface area contributed by atoms with Crippen molar-refractivity contribution in [3.8, 4) is 17.0 Å². The predicted octanol–water partition coefficient (Wildman–Crippen LogP) is 3.23. The largest absolute Gasteiger partial charge is 0.491 e. The average molecular weight is 452 g/mol. The molecule has 4 rings (SSSR count). The molecule has 172 valence electrons. The molecule has 1 fully saturated rings. The zero-order valence-corrected chi connectivity index (χ0v) is 18.5. The minimum Gasteiger partial charge on any atom is -0.491 e. The Balaban J connectivity index is 1.45. The lowest BCUT2D eigenvalue weighted by Gasteiger charge is -2.29. The standard InChI is InChI=1S/C24H26FN5O3/c1-2-10-33-22-6-5-17(13-20(22)25)21-14-19(16-28-29-21)24(31)27-15-18-4-3-7-26-23(18)30-8-11-32-12-9-30/h3-7,13-14,16H,2,8-12,15H2,1H3,(H,27,31). The first-order valence-electron chi connectivity index (χ1n) is 11.0. The van der Waals surface area contributed by atoms with Gasteiger partial charge in [-0.2, -0.15) is 10.2 Å². The summed E-state index contributed by atoms with van der Waals surface area (Å²) in [4.78, 5) is 19.4. The number of benzene rings is 1. The van der Waals surface area contributed by atoms with Gasteiger partial charge in [-0.15, -0.1) is 0 Å². The van der Waals surface area contributed by atoms with Crippen LogP contribution in [-0.4, -0.2) is 54.0 Å². The molecule has 1 N–H and O–H groups in total. The van der Waals surface area contributed by atoms with Crippen molar-refractivity contribution in [2.45, 2.75) is 19.9 Å². The maximum atomic E-state index is 14.3. The first-order chi connectivity index (χ1) is 16.2. The average Bonchev–Trinajstić information content (AvgIpc) is 2.87. The van der Waals surface area contributed by atoms with Crippen LogP contribution in [0, 0.1) is 5.82 Å². The molecule has 1 amide bonds. The van der Waals surface area contributed by atoms with E-state index in [1.165, 1.54) is 12.3 Å². The number of anilines is 1. The summed E-state index contributed by atoms with van der Waals surface area (Å²) in [5.74, 6) is 0.252.